The third-order valence-electron chi connectivity index (χ3n) is 2.90. The van der Waals surface area contributed by atoms with Crippen LogP contribution < -0.4 is 0 Å². The summed E-state index contributed by atoms with van der Waals surface area (Å²) in [6.07, 6.45) is -2.76. The average Bonchev–Trinajstić information content (AvgIpc) is 2.39. The zero-order chi connectivity index (χ0) is 12.6. The molecule has 0 saturated carbocycles. The highest BCUT2D eigenvalue weighted by Gasteiger charge is 2.35. The zero-order valence-electron chi connectivity index (χ0n) is 8.90. The van der Waals surface area contributed by atoms with Gasteiger partial charge in [-0.3, -0.25) is 4.79 Å². The van der Waals surface area contributed by atoms with Crippen molar-refractivity contribution in [1.29, 1.82) is 0 Å². The lowest BCUT2D eigenvalue weighted by atomic mass is 9.98. The van der Waals surface area contributed by atoms with Gasteiger partial charge in [-0.15, -0.1) is 0 Å². The molecular formula is C12H10F4O. The number of fused-ring (bicyclic) bond motifs is 1. The van der Waals surface area contributed by atoms with E-state index in [9.17, 15) is 22.4 Å². The number of rotatable bonds is 0. The number of hydrogen-bond donors (Lipinski definition) is 0. The Kier molecular flexibility index (Phi) is 2.93. The molecule has 1 nitrogen and oxygen atoms in total. The Morgan fingerprint density at radius 2 is 1.71 bits per heavy atom. The Morgan fingerprint density at radius 3 is 2.35 bits per heavy atom. The van der Waals surface area contributed by atoms with Gasteiger partial charge in [0.25, 0.3) is 0 Å². The molecule has 17 heavy (non-hydrogen) atoms. The standard InChI is InChI=1S/C12H10F4O/c13-10-6-8-7(3-1-2-4-11(8)17)5-9(10)12(14,15)16/h5-6H,1-4H2. The van der Waals surface area contributed by atoms with E-state index < -0.39 is 17.6 Å². The average molecular weight is 246 g/mol. The van der Waals surface area contributed by atoms with Crippen molar-refractivity contribution in [2.75, 3.05) is 0 Å². The number of carbonyl (C=O) groups is 1. The van der Waals surface area contributed by atoms with Crippen molar-refractivity contribution in [3.63, 3.8) is 0 Å². The highest BCUT2D eigenvalue weighted by atomic mass is 19.4. The summed E-state index contributed by atoms with van der Waals surface area (Å²) in [5, 5.41) is 0. The van der Waals surface area contributed by atoms with Crippen LogP contribution in [0.1, 0.15) is 40.7 Å². The Labute approximate surface area is 95.4 Å². The number of carbonyl (C=O) groups excluding carboxylic acids is 1. The van der Waals surface area contributed by atoms with Crippen LogP contribution in [0.2, 0.25) is 0 Å². The number of halogens is 4. The Morgan fingerprint density at radius 1 is 1.06 bits per heavy atom. The summed E-state index contributed by atoms with van der Waals surface area (Å²) in [6, 6.07) is 1.50. The number of alkyl halides is 3. The molecule has 1 aromatic rings. The lowest BCUT2D eigenvalue weighted by Gasteiger charge is -2.12. The van der Waals surface area contributed by atoms with E-state index in [0.29, 0.717) is 24.8 Å². The quantitative estimate of drug-likeness (QED) is 0.503. The van der Waals surface area contributed by atoms with Crippen LogP contribution in [0.15, 0.2) is 12.1 Å². The predicted octanol–water partition coefficient (Wildman–Crippen LogP) is 3.75. The van der Waals surface area contributed by atoms with E-state index >= 15 is 0 Å². The van der Waals surface area contributed by atoms with Crippen LogP contribution in [0.25, 0.3) is 0 Å². The first kappa shape index (κ1) is 12.1. The van der Waals surface area contributed by atoms with Gasteiger partial charge in [0.1, 0.15) is 5.82 Å². The van der Waals surface area contributed by atoms with Gasteiger partial charge < -0.3 is 0 Å². The first-order valence-electron chi connectivity index (χ1n) is 5.32. The SMILES string of the molecule is O=C1CCCCc2cc(C(F)(F)F)c(F)cc21. The van der Waals surface area contributed by atoms with Gasteiger partial charge in [-0.1, -0.05) is 0 Å². The summed E-state index contributed by atoms with van der Waals surface area (Å²) in [5.74, 6) is -1.64. The van der Waals surface area contributed by atoms with Gasteiger partial charge in [-0.2, -0.15) is 13.2 Å². The number of benzene rings is 1. The third-order valence-corrected chi connectivity index (χ3v) is 2.90. The van der Waals surface area contributed by atoms with Crippen molar-refractivity contribution in [2.24, 2.45) is 0 Å². The van der Waals surface area contributed by atoms with E-state index in [1.807, 2.05) is 0 Å². The maximum atomic E-state index is 13.3. The third kappa shape index (κ3) is 2.33. The maximum Gasteiger partial charge on any atom is 0.419 e. The van der Waals surface area contributed by atoms with Crippen LogP contribution in [-0.4, -0.2) is 5.78 Å². The molecule has 0 unspecified atom stereocenters. The molecule has 0 fully saturated rings. The maximum absolute atomic E-state index is 13.3. The van der Waals surface area contributed by atoms with Crippen molar-refractivity contribution in [1.82, 2.24) is 0 Å². The first-order valence-corrected chi connectivity index (χ1v) is 5.32. The molecule has 0 saturated heterocycles. The molecule has 0 radical (unpaired) electrons. The van der Waals surface area contributed by atoms with Crippen LogP contribution in [0.3, 0.4) is 0 Å². The topological polar surface area (TPSA) is 17.1 Å². The molecule has 0 amide bonds. The van der Waals surface area contributed by atoms with Gasteiger partial charge in [0.05, 0.1) is 5.56 Å². The minimum absolute atomic E-state index is 0.105. The fourth-order valence-electron chi connectivity index (χ4n) is 2.04. The largest absolute Gasteiger partial charge is 0.419 e. The van der Waals surface area contributed by atoms with Gasteiger partial charge in [0, 0.05) is 12.0 Å². The zero-order valence-corrected chi connectivity index (χ0v) is 8.90. The highest BCUT2D eigenvalue weighted by Crippen LogP contribution is 2.34. The van der Waals surface area contributed by atoms with Gasteiger partial charge in [-0.05, 0) is 37.0 Å². The molecule has 1 aliphatic rings. The molecule has 5 heteroatoms. The van der Waals surface area contributed by atoms with Crippen molar-refractivity contribution in [3.05, 3.63) is 34.6 Å². The molecule has 2 rings (SSSR count). The summed E-state index contributed by atoms with van der Waals surface area (Å²) < 4.78 is 50.8. The smallest absolute Gasteiger partial charge is 0.294 e. The van der Waals surface area contributed by atoms with Crippen molar-refractivity contribution >= 4 is 5.78 Å². The van der Waals surface area contributed by atoms with Crippen molar-refractivity contribution in [3.8, 4) is 0 Å². The predicted molar refractivity (Wildman–Crippen MR) is 53.3 cm³/mol. The number of aryl methyl sites for hydroxylation is 1. The summed E-state index contributed by atoms with van der Waals surface area (Å²) in [5.41, 5.74) is -0.875. The van der Waals surface area contributed by atoms with Crippen LogP contribution in [-0.2, 0) is 12.6 Å². The van der Waals surface area contributed by atoms with Crippen LogP contribution in [0.5, 0.6) is 0 Å². The number of hydrogen-bond acceptors (Lipinski definition) is 1. The molecular weight excluding hydrogens is 236 g/mol. The number of ketones is 1. The molecule has 92 valence electrons. The number of Topliss-reactive ketones (excluding diaryl/α,β-unsaturated/α-hetero) is 1. The van der Waals surface area contributed by atoms with Crippen molar-refractivity contribution in [2.45, 2.75) is 31.9 Å². The van der Waals surface area contributed by atoms with E-state index in [-0.39, 0.29) is 17.8 Å². The molecule has 0 spiro atoms. The van der Waals surface area contributed by atoms with E-state index in [1.165, 1.54) is 0 Å². The second-order valence-corrected chi connectivity index (χ2v) is 4.12. The molecule has 0 aromatic heterocycles. The van der Waals surface area contributed by atoms with E-state index in [1.54, 1.807) is 0 Å². The monoisotopic (exact) mass is 246 g/mol. The Balaban J connectivity index is 2.56. The fraction of sp³-hybridized carbons (Fsp3) is 0.417. The lowest BCUT2D eigenvalue weighted by Crippen LogP contribution is -2.11. The molecule has 0 heterocycles. The Hall–Kier alpha value is -1.39. The molecule has 0 bridgehead atoms. The second-order valence-electron chi connectivity index (χ2n) is 4.12. The van der Waals surface area contributed by atoms with Gasteiger partial charge in [0.15, 0.2) is 5.78 Å². The van der Waals surface area contributed by atoms with Gasteiger partial charge in [0.2, 0.25) is 0 Å². The first-order chi connectivity index (χ1) is 7.89. The lowest BCUT2D eigenvalue weighted by molar-refractivity contribution is -0.140. The van der Waals surface area contributed by atoms with Crippen LogP contribution in [0.4, 0.5) is 17.6 Å². The van der Waals surface area contributed by atoms with E-state index in [4.69, 9.17) is 0 Å². The minimum Gasteiger partial charge on any atom is -0.294 e. The minimum atomic E-state index is -4.71. The molecule has 0 atom stereocenters. The highest BCUT2D eigenvalue weighted by molar-refractivity contribution is 5.97. The summed E-state index contributed by atoms with van der Waals surface area (Å²) in [6.45, 7) is 0. The molecule has 1 aromatic carbocycles. The summed E-state index contributed by atoms with van der Waals surface area (Å²) in [4.78, 5) is 11.6. The van der Waals surface area contributed by atoms with Gasteiger partial charge >= 0.3 is 6.18 Å². The molecule has 0 aliphatic heterocycles. The normalized spacial score (nSPS) is 16.6. The van der Waals surface area contributed by atoms with Crippen LogP contribution in [0, 0.1) is 5.82 Å². The summed E-state index contributed by atoms with van der Waals surface area (Å²) >= 11 is 0. The van der Waals surface area contributed by atoms with E-state index in [0.717, 1.165) is 12.1 Å². The van der Waals surface area contributed by atoms with Gasteiger partial charge in [-0.25, -0.2) is 4.39 Å². The second kappa shape index (κ2) is 4.13. The van der Waals surface area contributed by atoms with E-state index in [2.05, 4.69) is 0 Å². The Bertz CT molecular complexity index is 462. The summed E-state index contributed by atoms with van der Waals surface area (Å²) in [7, 11) is 0. The van der Waals surface area contributed by atoms with Crippen LogP contribution >= 0.6 is 0 Å². The van der Waals surface area contributed by atoms with Crippen molar-refractivity contribution < 1.29 is 22.4 Å². The fourth-order valence-corrected chi connectivity index (χ4v) is 2.04. The molecule has 0 N–H and O–H groups in total. The molecule has 1 aliphatic carbocycles.